The van der Waals surface area contributed by atoms with Gasteiger partial charge in [-0.05, 0) is 18.6 Å². The number of rotatable bonds is 5. The summed E-state index contributed by atoms with van der Waals surface area (Å²) in [5.74, 6) is -1.78. The number of carbonyl (C=O) groups excluding carboxylic acids is 1. The Hall–Kier alpha value is -1.95. The molecule has 2 heterocycles. The zero-order valence-electron chi connectivity index (χ0n) is 11.4. The highest BCUT2D eigenvalue weighted by molar-refractivity contribution is 5.94. The number of aliphatic carboxylic acids is 1. The van der Waals surface area contributed by atoms with Crippen LogP contribution >= 0.6 is 0 Å². The van der Waals surface area contributed by atoms with Gasteiger partial charge in [-0.25, -0.2) is 0 Å². The molecule has 2 unspecified atom stereocenters. The number of pyridine rings is 1. The summed E-state index contributed by atoms with van der Waals surface area (Å²) in [5.41, 5.74) is 0.469. The van der Waals surface area contributed by atoms with E-state index < -0.39 is 17.9 Å². The van der Waals surface area contributed by atoms with Crippen molar-refractivity contribution in [3.63, 3.8) is 0 Å². The van der Waals surface area contributed by atoms with E-state index in [9.17, 15) is 14.7 Å². The highest BCUT2D eigenvalue weighted by Crippen LogP contribution is 2.22. The van der Waals surface area contributed by atoms with Gasteiger partial charge in [0.25, 0.3) is 5.91 Å². The number of carboxylic acid groups (broad SMARTS) is 1. The normalized spacial score (nSPS) is 21.6. The molecule has 1 aromatic heterocycles. The third kappa shape index (κ3) is 2.96. The van der Waals surface area contributed by atoms with Crippen molar-refractivity contribution >= 4 is 11.9 Å². The molecule has 0 aliphatic carbocycles. The third-order valence-corrected chi connectivity index (χ3v) is 3.40. The number of hydrogen-bond acceptors (Lipinski definition) is 4. The lowest BCUT2D eigenvalue weighted by Crippen LogP contribution is -2.47. The van der Waals surface area contributed by atoms with E-state index in [1.165, 1.54) is 6.20 Å². The molecule has 1 aliphatic rings. The van der Waals surface area contributed by atoms with Gasteiger partial charge in [0, 0.05) is 18.9 Å². The largest absolute Gasteiger partial charge is 0.481 e. The lowest BCUT2D eigenvalue weighted by molar-refractivity contribution is -0.142. The molecule has 1 aromatic rings. The van der Waals surface area contributed by atoms with Gasteiger partial charge in [-0.3, -0.25) is 14.6 Å². The number of hydrogen-bond donors (Lipinski definition) is 1. The maximum atomic E-state index is 12.5. The molecule has 6 nitrogen and oxygen atoms in total. The highest BCUT2D eigenvalue weighted by Gasteiger charge is 2.39. The highest BCUT2D eigenvalue weighted by atomic mass is 16.5. The molecule has 6 heteroatoms. The van der Waals surface area contributed by atoms with Crippen molar-refractivity contribution in [1.29, 1.82) is 0 Å². The number of ether oxygens (including phenoxy) is 1. The Bertz CT molecular complexity index is 477. The predicted molar refractivity (Wildman–Crippen MR) is 71.3 cm³/mol. The van der Waals surface area contributed by atoms with Gasteiger partial charge < -0.3 is 14.7 Å². The van der Waals surface area contributed by atoms with E-state index in [0.29, 0.717) is 12.1 Å². The minimum atomic E-state index is -0.924. The minimum absolute atomic E-state index is 0.153. The second-order valence-electron chi connectivity index (χ2n) is 4.79. The van der Waals surface area contributed by atoms with E-state index >= 15 is 0 Å². The van der Waals surface area contributed by atoms with Crippen molar-refractivity contribution in [2.75, 3.05) is 19.8 Å². The van der Waals surface area contributed by atoms with E-state index in [1.54, 1.807) is 23.2 Å². The molecule has 20 heavy (non-hydrogen) atoms. The zero-order chi connectivity index (χ0) is 14.5. The first-order chi connectivity index (χ1) is 9.65. The molecule has 1 fully saturated rings. The number of carboxylic acids is 1. The first-order valence-electron chi connectivity index (χ1n) is 6.66. The summed E-state index contributed by atoms with van der Waals surface area (Å²) in [6, 6.07) is 2.96. The zero-order valence-corrected chi connectivity index (χ0v) is 11.4. The molecule has 2 atom stereocenters. The smallest absolute Gasteiger partial charge is 0.311 e. The molecule has 1 aliphatic heterocycles. The van der Waals surface area contributed by atoms with Crippen molar-refractivity contribution < 1.29 is 19.4 Å². The van der Waals surface area contributed by atoms with Gasteiger partial charge in [0.05, 0.1) is 24.8 Å². The molecule has 0 aromatic carbocycles. The topological polar surface area (TPSA) is 79.7 Å². The van der Waals surface area contributed by atoms with E-state index in [1.807, 2.05) is 6.92 Å². The van der Waals surface area contributed by atoms with Gasteiger partial charge in [0.1, 0.15) is 5.92 Å². The van der Waals surface area contributed by atoms with Crippen LogP contribution in [0.4, 0.5) is 0 Å². The molecule has 1 saturated heterocycles. The van der Waals surface area contributed by atoms with Crippen LogP contribution in [0.3, 0.4) is 0 Å². The first-order valence-corrected chi connectivity index (χ1v) is 6.66. The molecule has 2 rings (SSSR count). The van der Waals surface area contributed by atoms with Gasteiger partial charge >= 0.3 is 5.97 Å². The fourth-order valence-electron chi connectivity index (χ4n) is 2.40. The van der Waals surface area contributed by atoms with E-state index in [4.69, 9.17) is 4.74 Å². The second-order valence-corrected chi connectivity index (χ2v) is 4.79. The van der Waals surface area contributed by atoms with Gasteiger partial charge in [-0.15, -0.1) is 0 Å². The molecule has 1 amide bonds. The Morgan fingerprint density at radius 3 is 2.90 bits per heavy atom. The average molecular weight is 278 g/mol. The molecule has 0 bridgehead atoms. The van der Waals surface area contributed by atoms with Crippen LogP contribution in [0.2, 0.25) is 0 Å². The summed E-state index contributed by atoms with van der Waals surface area (Å²) in [5, 5.41) is 9.22. The Balaban J connectivity index is 2.22. The minimum Gasteiger partial charge on any atom is -0.481 e. The molecule has 108 valence electrons. The summed E-state index contributed by atoms with van der Waals surface area (Å²) < 4.78 is 5.25. The average Bonchev–Trinajstić information content (AvgIpc) is 2.94. The standard InChI is InChI=1S/C14H18N2O4/c1-2-6-16(12-9-20-8-11(12)14(18)19)13(17)10-4-3-5-15-7-10/h3-5,7,11-12H,2,6,8-9H2,1H3,(H,18,19). The summed E-state index contributed by atoms with van der Waals surface area (Å²) in [6.45, 7) is 2.88. The van der Waals surface area contributed by atoms with Crippen LogP contribution in [0.25, 0.3) is 0 Å². The van der Waals surface area contributed by atoms with Crippen molar-refractivity contribution in [3.8, 4) is 0 Å². The second kappa shape index (κ2) is 6.47. The summed E-state index contributed by atoms with van der Waals surface area (Å²) in [4.78, 5) is 29.3. The van der Waals surface area contributed by atoms with Crippen LogP contribution in [-0.4, -0.2) is 52.7 Å². The van der Waals surface area contributed by atoms with Crippen LogP contribution in [0.15, 0.2) is 24.5 Å². The molecule has 1 N–H and O–H groups in total. The quantitative estimate of drug-likeness (QED) is 0.870. The van der Waals surface area contributed by atoms with Crippen molar-refractivity contribution in [2.45, 2.75) is 19.4 Å². The Morgan fingerprint density at radius 2 is 2.30 bits per heavy atom. The summed E-state index contributed by atoms with van der Waals surface area (Å²) >= 11 is 0. The van der Waals surface area contributed by atoms with Crippen molar-refractivity contribution in [1.82, 2.24) is 9.88 Å². The van der Waals surface area contributed by atoms with E-state index in [0.717, 1.165) is 6.42 Å². The SMILES string of the molecule is CCCN(C(=O)c1cccnc1)C1COCC1C(=O)O. The summed E-state index contributed by atoms with van der Waals surface area (Å²) in [6.07, 6.45) is 3.85. The molecular formula is C14H18N2O4. The lowest BCUT2D eigenvalue weighted by Gasteiger charge is -2.30. The Labute approximate surface area is 117 Å². The van der Waals surface area contributed by atoms with E-state index in [-0.39, 0.29) is 19.1 Å². The van der Waals surface area contributed by atoms with Crippen LogP contribution < -0.4 is 0 Å². The molecular weight excluding hydrogens is 260 g/mol. The molecule has 0 saturated carbocycles. The van der Waals surface area contributed by atoms with Gasteiger partial charge in [-0.2, -0.15) is 0 Å². The van der Waals surface area contributed by atoms with Crippen molar-refractivity contribution in [2.24, 2.45) is 5.92 Å². The fourth-order valence-corrected chi connectivity index (χ4v) is 2.40. The number of amides is 1. The summed E-state index contributed by atoms with van der Waals surface area (Å²) in [7, 11) is 0. The van der Waals surface area contributed by atoms with Crippen LogP contribution in [0.5, 0.6) is 0 Å². The van der Waals surface area contributed by atoms with Gasteiger partial charge in [0.2, 0.25) is 0 Å². The van der Waals surface area contributed by atoms with Crippen molar-refractivity contribution in [3.05, 3.63) is 30.1 Å². The van der Waals surface area contributed by atoms with Crippen LogP contribution in [0, 0.1) is 5.92 Å². The Morgan fingerprint density at radius 1 is 1.50 bits per heavy atom. The maximum Gasteiger partial charge on any atom is 0.311 e. The third-order valence-electron chi connectivity index (χ3n) is 3.40. The molecule has 0 spiro atoms. The Kier molecular flexibility index (Phi) is 4.68. The molecule has 0 radical (unpaired) electrons. The van der Waals surface area contributed by atoms with Crippen LogP contribution in [0.1, 0.15) is 23.7 Å². The van der Waals surface area contributed by atoms with Crippen LogP contribution in [-0.2, 0) is 9.53 Å². The monoisotopic (exact) mass is 278 g/mol. The predicted octanol–water partition coefficient (Wildman–Crippen LogP) is 1.03. The van der Waals surface area contributed by atoms with Gasteiger partial charge in [-0.1, -0.05) is 6.92 Å². The maximum absolute atomic E-state index is 12.5. The number of aromatic nitrogens is 1. The first kappa shape index (κ1) is 14.5. The van der Waals surface area contributed by atoms with E-state index in [2.05, 4.69) is 4.98 Å². The number of nitrogens with zero attached hydrogens (tertiary/aromatic N) is 2. The van der Waals surface area contributed by atoms with Gasteiger partial charge in [0.15, 0.2) is 0 Å². The fraction of sp³-hybridized carbons (Fsp3) is 0.500. The number of carbonyl (C=O) groups is 2. The lowest BCUT2D eigenvalue weighted by atomic mass is 10.0.